The van der Waals surface area contributed by atoms with Crippen molar-refractivity contribution >= 4 is 28.0 Å². The Bertz CT molecular complexity index is 488. The van der Waals surface area contributed by atoms with E-state index in [4.69, 9.17) is 5.73 Å². The van der Waals surface area contributed by atoms with Crippen LogP contribution < -0.4 is 5.73 Å². The van der Waals surface area contributed by atoms with Crippen LogP contribution in [0.2, 0.25) is 0 Å². The molecule has 5 heteroatoms. The molecule has 0 amide bonds. The van der Waals surface area contributed by atoms with Crippen molar-refractivity contribution in [2.75, 3.05) is 5.73 Å². The summed E-state index contributed by atoms with van der Waals surface area (Å²) >= 11 is 1.26. The Morgan fingerprint density at radius 1 is 1.53 bits per heavy atom. The molecular weight excluding hydrogens is 236 g/mol. The van der Waals surface area contributed by atoms with Gasteiger partial charge in [-0.25, -0.2) is 9.78 Å². The highest BCUT2D eigenvalue weighted by molar-refractivity contribution is 7.13. The van der Waals surface area contributed by atoms with Crippen LogP contribution in [0.5, 0.6) is 0 Å². The Hall–Kier alpha value is -1.62. The van der Waals surface area contributed by atoms with Crippen LogP contribution in [0.4, 0.5) is 5.13 Å². The lowest BCUT2D eigenvalue weighted by Crippen LogP contribution is -2.02. The van der Waals surface area contributed by atoms with Gasteiger partial charge in [0, 0.05) is 5.38 Å². The van der Waals surface area contributed by atoms with Crippen molar-refractivity contribution in [3.8, 4) is 0 Å². The molecule has 17 heavy (non-hydrogen) atoms. The number of thiazole rings is 1. The molecule has 1 heterocycles. The molecule has 0 atom stereocenters. The van der Waals surface area contributed by atoms with E-state index in [1.165, 1.54) is 17.8 Å². The van der Waals surface area contributed by atoms with Gasteiger partial charge in [-0.1, -0.05) is 11.6 Å². The number of allylic oxidation sites excluding steroid dienone is 3. The molecule has 1 aliphatic carbocycles. The van der Waals surface area contributed by atoms with E-state index in [0.29, 0.717) is 10.8 Å². The van der Waals surface area contributed by atoms with Gasteiger partial charge in [-0.3, -0.25) is 0 Å². The molecule has 0 aliphatic heterocycles. The van der Waals surface area contributed by atoms with Gasteiger partial charge in [-0.15, -0.1) is 11.3 Å². The van der Waals surface area contributed by atoms with Crippen molar-refractivity contribution in [1.82, 2.24) is 4.98 Å². The van der Waals surface area contributed by atoms with E-state index in [2.05, 4.69) is 11.1 Å². The summed E-state index contributed by atoms with van der Waals surface area (Å²) in [5.74, 6) is -0.957. The highest BCUT2D eigenvalue weighted by Gasteiger charge is 2.14. The molecule has 0 spiro atoms. The predicted octanol–water partition coefficient (Wildman–Crippen LogP) is 2.69. The molecular formula is C12H14N2O2S. The SMILES string of the molecule is Nc1nc(/C(=C/C2=CCCCC2)C(=O)O)cs1. The number of nitrogen functional groups attached to an aromatic ring is 1. The van der Waals surface area contributed by atoms with Crippen LogP contribution >= 0.6 is 11.3 Å². The lowest BCUT2D eigenvalue weighted by Gasteiger charge is -2.09. The van der Waals surface area contributed by atoms with Crippen molar-refractivity contribution in [3.05, 3.63) is 28.8 Å². The lowest BCUT2D eigenvalue weighted by atomic mass is 9.97. The normalized spacial score (nSPS) is 16.7. The Balaban J connectivity index is 2.32. The maximum atomic E-state index is 11.2. The minimum atomic E-state index is -0.957. The number of aromatic nitrogens is 1. The highest BCUT2D eigenvalue weighted by Crippen LogP contribution is 2.25. The molecule has 0 bridgehead atoms. The molecule has 0 saturated heterocycles. The van der Waals surface area contributed by atoms with Crippen LogP contribution in [0.15, 0.2) is 23.1 Å². The predicted molar refractivity (Wildman–Crippen MR) is 68.7 cm³/mol. The number of rotatable bonds is 3. The minimum absolute atomic E-state index is 0.228. The van der Waals surface area contributed by atoms with E-state index in [9.17, 15) is 9.90 Å². The van der Waals surface area contributed by atoms with E-state index >= 15 is 0 Å². The fourth-order valence-electron chi connectivity index (χ4n) is 1.84. The summed E-state index contributed by atoms with van der Waals surface area (Å²) in [7, 11) is 0. The average Bonchev–Trinajstić information content (AvgIpc) is 2.73. The zero-order chi connectivity index (χ0) is 12.3. The Morgan fingerprint density at radius 3 is 2.88 bits per heavy atom. The van der Waals surface area contributed by atoms with Crippen LogP contribution in [-0.4, -0.2) is 16.1 Å². The molecule has 0 saturated carbocycles. The maximum Gasteiger partial charge on any atom is 0.337 e. The smallest absolute Gasteiger partial charge is 0.337 e. The number of carboxylic acid groups (broad SMARTS) is 1. The summed E-state index contributed by atoms with van der Waals surface area (Å²) in [5.41, 5.74) is 7.28. The molecule has 90 valence electrons. The summed E-state index contributed by atoms with van der Waals surface area (Å²) < 4.78 is 0. The standard InChI is InChI=1S/C12H14N2O2S/c13-12-14-10(7-17-12)9(11(15)16)6-8-4-2-1-3-5-8/h4,6-7H,1-3,5H2,(H2,13,14)(H,15,16)/b9-6-. The number of anilines is 1. The van der Waals surface area contributed by atoms with Crippen LogP contribution in [0.3, 0.4) is 0 Å². The summed E-state index contributed by atoms with van der Waals surface area (Å²) in [5, 5.41) is 11.3. The zero-order valence-corrected chi connectivity index (χ0v) is 10.2. The molecule has 0 aromatic carbocycles. The van der Waals surface area contributed by atoms with E-state index in [0.717, 1.165) is 24.8 Å². The van der Waals surface area contributed by atoms with Gasteiger partial charge in [0.1, 0.15) is 0 Å². The van der Waals surface area contributed by atoms with Gasteiger partial charge >= 0.3 is 5.97 Å². The van der Waals surface area contributed by atoms with Crippen molar-refractivity contribution < 1.29 is 9.90 Å². The van der Waals surface area contributed by atoms with Crippen molar-refractivity contribution in [3.63, 3.8) is 0 Å². The van der Waals surface area contributed by atoms with Crippen LogP contribution in [0.25, 0.3) is 5.57 Å². The first-order valence-corrected chi connectivity index (χ1v) is 6.40. The second-order valence-corrected chi connectivity index (χ2v) is 4.85. The summed E-state index contributed by atoms with van der Waals surface area (Å²) in [6.07, 6.45) is 8.09. The molecule has 1 aromatic rings. The number of hydrogen-bond acceptors (Lipinski definition) is 4. The molecule has 1 aromatic heterocycles. The molecule has 2 rings (SSSR count). The zero-order valence-electron chi connectivity index (χ0n) is 9.35. The first-order valence-electron chi connectivity index (χ1n) is 5.52. The van der Waals surface area contributed by atoms with Gasteiger partial charge in [-0.05, 0) is 31.8 Å². The topological polar surface area (TPSA) is 76.2 Å². The van der Waals surface area contributed by atoms with E-state index in [1.807, 2.05) is 0 Å². The largest absolute Gasteiger partial charge is 0.478 e. The highest BCUT2D eigenvalue weighted by atomic mass is 32.1. The molecule has 3 N–H and O–H groups in total. The van der Waals surface area contributed by atoms with E-state index in [1.54, 1.807) is 11.5 Å². The average molecular weight is 250 g/mol. The summed E-state index contributed by atoms with van der Waals surface area (Å²) in [4.78, 5) is 15.2. The maximum absolute atomic E-state index is 11.2. The van der Waals surface area contributed by atoms with Gasteiger partial charge < -0.3 is 10.8 Å². The third-order valence-corrected chi connectivity index (χ3v) is 3.36. The number of aliphatic carboxylic acids is 1. The van der Waals surface area contributed by atoms with Crippen LogP contribution in [0.1, 0.15) is 31.4 Å². The molecule has 0 unspecified atom stereocenters. The molecule has 1 aliphatic rings. The lowest BCUT2D eigenvalue weighted by molar-refractivity contribution is -0.130. The first kappa shape index (κ1) is 11.9. The third-order valence-electron chi connectivity index (χ3n) is 2.68. The molecule has 0 fully saturated rings. The Morgan fingerprint density at radius 2 is 2.35 bits per heavy atom. The third kappa shape index (κ3) is 2.94. The number of hydrogen-bond donors (Lipinski definition) is 2. The minimum Gasteiger partial charge on any atom is -0.478 e. The number of carbonyl (C=O) groups is 1. The molecule has 4 nitrogen and oxygen atoms in total. The monoisotopic (exact) mass is 250 g/mol. The van der Waals surface area contributed by atoms with Crippen molar-refractivity contribution in [2.24, 2.45) is 0 Å². The van der Waals surface area contributed by atoms with Gasteiger partial charge in [-0.2, -0.15) is 0 Å². The van der Waals surface area contributed by atoms with Gasteiger partial charge in [0.25, 0.3) is 0 Å². The van der Waals surface area contributed by atoms with Crippen LogP contribution in [-0.2, 0) is 4.79 Å². The first-order chi connectivity index (χ1) is 8.16. The van der Waals surface area contributed by atoms with Crippen LogP contribution in [0, 0.1) is 0 Å². The van der Waals surface area contributed by atoms with Crippen molar-refractivity contribution in [1.29, 1.82) is 0 Å². The quantitative estimate of drug-likeness (QED) is 0.809. The van der Waals surface area contributed by atoms with Crippen molar-refractivity contribution in [2.45, 2.75) is 25.7 Å². The Kier molecular flexibility index (Phi) is 3.58. The molecule has 0 radical (unpaired) electrons. The fraction of sp³-hybridized carbons (Fsp3) is 0.333. The Labute approximate surface area is 103 Å². The number of carboxylic acids is 1. The number of nitrogens with two attached hydrogens (primary N) is 1. The van der Waals surface area contributed by atoms with E-state index < -0.39 is 5.97 Å². The van der Waals surface area contributed by atoms with Gasteiger partial charge in [0.15, 0.2) is 5.13 Å². The van der Waals surface area contributed by atoms with E-state index in [-0.39, 0.29) is 5.57 Å². The second-order valence-electron chi connectivity index (χ2n) is 3.96. The van der Waals surface area contributed by atoms with Gasteiger partial charge in [0.2, 0.25) is 0 Å². The number of nitrogens with zero attached hydrogens (tertiary/aromatic N) is 1. The fourth-order valence-corrected chi connectivity index (χ4v) is 2.40. The summed E-state index contributed by atoms with van der Waals surface area (Å²) in [6.45, 7) is 0. The second kappa shape index (κ2) is 5.14. The summed E-state index contributed by atoms with van der Waals surface area (Å²) in [6, 6.07) is 0. The van der Waals surface area contributed by atoms with Gasteiger partial charge in [0.05, 0.1) is 11.3 Å².